The number of halogens is 2. The molecule has 0 bridgehead atoms. The van der Waals surface area contributed by atoms with Gasteiger partial charge in [0.15, 0.2) is 17.4 Å². The lowest BCUT2D eigenvalue weighted by Crippen LogP contribution is -2.10. The topological polar surface area (TPSA) is 98.6 Å². The predicted octanol–water partition coefficient (Wildman–Crippen LogP) is 3.30. The summed E-state index contributed by atoms with van der Waals surface area (Å²) < 4.78 is 33.5. The molecular weight excluding hydrogens is 362 g/mol. The molecule has 2 aromatic carbocycles. The van der Waals surface area contributed by atoms with Gasteiger partial charge in [0.1, 0.15) is 6.61 Å². The van der Waals surface area contributed by atoms with Crippen LogP contribution in [0.4, 0.5) is 8.78 Å². The molecule has 138 valence electrons. The summed E-state index contributed by atoms with van der Waals surface area (Å²) in [5, 5.41) is 14.2. The van der Waals surface area contributed by atoms with E-state index in [1.165, 1.54) is 0 Å². The molecule has 0 radical (unpaired) electrons. The van der Waals surface area contributed by atoms with E-state index >= 15 is 0 Å². The SMILES string of the molecule is NS/C(COc1c(F)cc(CCC(=O)O)cc1F)=C(\N)c1ccccc1. The first kappa shape index (κ1) is 19.7. The average molecular weight is 380 g/mol. The first-order chi connectivity index (χ1) is 12.4. The van der Waals surface area contributed by atoms with E-state index in [1.54, 1.807) is 24.3 Å². The van der Waals surface area contributed by atoms with Gasteiger partial charge < -0.3 is 15.6 Å². The van der Waals surface area contributed by atoms with Crippen molar-refractivity contribution >= 4 is 23.6 Å². The zero-order valence-electron chi connectivity index (χ0n) is 13.7. The van der Waals surface area contributed by atoms with Crippen LogP contribution in [-0.4, -0.2) is 17.7 Å². The Kier molecular flexibility index (Phi) is 6.99. The third kappa shape index (κ3) is 5.21. The van der Waals surface area contributed by atoms with Crippen molar-refractivity contribution in [3.8, 4) is 5.75 Å². The van der Waals surface area contributed by atoms with E-state index in [9.17, 15) is 13.6 Å². The molecule has 0 fully saturated rings. The van der Waals surface area contributed by atoms with Gasteiger partial charge in [-0.15, -0.1) is 0 Å². The summed E-state index contributed by atoms with van der Waals surface area (Å²) in [7, 11) is 0. The van der Waals surface area contributed by atoms with Crippen LogP contribution in [0.3, 0.4) is 0 Å². The number of aryl methyl sites for hydroxylation is 1. The largest absolute Gasteiger partial charge is 0.482 e. The van der Waals surface area contributed by atoms with E-state index < -0.39 is 23.4 Å². The fraction of sp³-hybridized carbons (Fsp3) is 0.167. The monoisotopic (exact) mass is 380 g/mol. The Morgan fingerprint density at radius 2 is 1.77 bits per heavy atom. The Morgan fingerprint density at radius 1 is 1.15 bits per heavy atom. The second kappa shape index (κ2) is 9.21. The first-order valence-electron chi connectivity index (χ1n) is 7.65. The smallest absolute Gasteiger partial charge is 0.303 e. The minimum absolute atomic E-state index is 0.0220. The van der Waals surface area contributed by atoms with Crippen LogP contribution in [0, 0.1) is 11.6 Å². The number of rotatable bonds is 8. The third-order valence-electron chi connectivity index (χ3n) is 3.56. The molecule has 0 spiro atoms. The maximum atomic E-state index is 14.1. The number of hydrogen-bond donors (Lipinski definition) is 3. The number of benzene rings is 2. The van der Waals surface area contributed by atoms with Crippen LogP contribution >= 0.6 is 11.9 Å². The third-order valence-corrected chi connectivity index (χ3v) is 4.18. The lowest BCUT2D eigenvalue weighted by Gasteiger charge is -2.13. The van der Waals surface area contributed by atoms with Crippen LogP contribution in [-0.2, 0) is 11.2 Å². The lowest BCUT2D eigenvalue weighted by atomic mass is 10.1. The molecule has 0 aromatic heterocycles. The second-order valence-corrected chi connectivity index (χ2v) is 6.12. The van der Waals surface area contributed by atoms with Crippen molar-refractivity contribution in [2.24, 2.45) is 10.9 Å². The van der Waals surface area contributed by atoms with Crippen molar-refractivity contribution < 1.29 is 23.4 Å². The zero-order valence-corrected chi connectivity index (χ0v) is 14.6. The van der Waals surface area contributed by atoms with Gasteiger partial charge in [-0.2, -0.15) is 0 Å². The van der Waals surface area contributed by atoms with Crippen molar-refractivity contribution in [2.75, 3.05) is 6.61 Å². The molecule has 2 rings (SSSR count). The predicted molar refractivity (Wildman–Crippen MR) is 97.1 cm³/mol. The molecule has 5 N–H and O–H groups in total. The summed E-state index contributed by atoms with van der Waals surface area (Å²) in [6.07, 6.45) is -0.197. The summed E-state index contributed by atoms with van der Waals surface area (Å²) in [5.74, 6) is -3.43. The van der Waals surface area contributed by atoms with Gasteiger partial charge in [0.2, 0.25) is 0 Å². The summed E-state index contributed by atoms with van der Waals surface area (Å²) in [4.78, 5) is 11.0. The summed E-state index contributed by atoms with van der Waals surface area (Å²) in [6, 6.07) is 11.1. The minimum atomic E-state index is -1.04. The molecule has 0 atom stereocenters. The molecule has 0 unspecified atom stereocenters. The van der Waals surface area contributed by atoms with E-state index in [-0.39, 0.29) is 25.0 Å². The van der Waals surface area contributed by atoms with Gasteiger partial charge in [0, 0.05) is 6.42 Å². The second-order valence-electron chi connectivity index (χ2n) is 5.39. The van der Waals surface area contributed by atoms with E-state index in [0.717, 1.165) is 24.1 Å². The molecule has 0 amide bonds. The van der Waals surface area contributed by atoms with Gasteiger partial charge >= 0.3 is 5.97 Å². The van der Waals surface area contributed by atoms with Crippen molar-refractivity contribution in [1.29, 1.82) is 0 Å². The Morgan fingerprint density at radius 3 is 2.31 bits per heavy atom. The van der Waals surface area contributed by atoms with Crippen LogP contribution in [0.1, 0.15) is 17.5 Å². The highest BCUT2D eigenvalue weighted by Gasteiger charge is 2.15. The van der Waals surface area contributed by atoms with Gasteiger partial charge in [0.05, 0.1) is 10.6 Å². The number of hydrogen-bond acceptors (Lipinski definition) is 5. The quantitative estimate of drug-likeness (QED) is 0.608. The van der Waals surface area contributed by atoms with E-state index in [1.807, 2.05) is 6.07 Å². The molecule has 0 aliphatic heterocycles. The Balaban J connectivity index is 2.16. The van der Waals surface area contributed by atoms with Crippen LogP contribution in [0.25, 0.3) is 5.70 Å². The summed E-state index contributed by atoms with van der Waals surface area (Å²) in [5.41, 5.74) is 7.35. The Labute approximate surface area is 153 Å². The highest BCUT2D eigenvalue weighted by atomic mass is 32.2. The van der Waals surface area contributed by atoms with E-state index in [0.29, 0.717) is 16.2 Å². The molecule has 26 heavy (non-hydrogen) atoms. The molecule has 0 saturated heterocycles. The lowest BCUT2D eigenvalue weighted by molar-refractivity contribution is -0.136. The van der Waals surface area contributed by atoms with Crippen molar-refractivity contribution in [3.05, 3.63) is 70.1 Å². The van der Waals surface area contributed by atoms with Gasteiger partial charge in [-0.05, 0) is 41.6 Å². The Bertz CT molecular complexity index is 790. The van der Waals surface area contributed by atoms with Crippen LogP contribution in [0.5, 0.6) is 5.75 Å². The number of carboxylic acid groups (broad SMARTS) is 1. The molecule has 0 aliphatic carbocycles. The molecular formula is C18H18F2N2O3S. The normalized spacial score (nSPS) is 11.8. The molecule has 0 heterocycles. The maximum Gasteiger partial charge on any atom is 0.303 e. The Hall–Kier alpha value is -2.58. The van der Waals surface area contributed by atoms with Gasteiger partial charge in [0.25, 0.3) is 0 Å². The highest BCUT2D eigenvalue weighted by Crippen LogP contribution is 2.27. The van der Waals surface area contributed by atoms with Gasteiger partial charge in [-0.1, -0.05) is 30.3 Å². The van der Waals surface area contributed by atoms with Crippen molar-refractivity contribution in [3.63, 3.8) is 0 Å². The van der Waals surface area contributed by atoms with E-state index in [4.69, 9.17) is 20.7 Å². The van der Waals surface area contributed by atoms with Gasteiger partial charge in [-0.25, -0.2) is 8.78 Å². The fourth-order valence-electron chi connectivity index (χ4n) is 2.24. The summed E-state index contributed by atoms with van der Waals surface area (Å²) >= 11 is 0.838. The molecule has 5 nitrogen and oxygen atoms in total. The molecule has 0 aliphatic rings. The minimum Gasteiger partial charge on any atom is -0.482 e. The van der Waals surface area contributed by atoms with Crippen LogP contribution in [0.2, 0.25) is 0 Å². The fourth-order valence-corrected chi connectivity index (χ4v) is 2.61. The van der Waals surface area contributed by atoms with Crippen molar-refractivity contribution in [1.82, 2.24) is 0 Å². The standard InChI is InChI=1S/C18H18F2N2O3S/c19-13-8-11(6-7-16(23)24)9-14(20)18(13)25-10-15(26-22)17(21)12-4-2-1-3-5-12/h1-5,8-9H,6-7,10,21-22H2,(H,23,24)/b17-15-. The highest BCUT2D eigenvalue weighted by molar-refractivity contribution is 8.01. The number of ether oxygens (including phenoxy) is 1. The number of carbonyl (C=O) groups is 1. The number of carboxylic acids is 1. The number of nitrogens with two attached hydrogens (primary N) is 2. The average Bonchev–Trinajstić information content (AvgIpc) is 2.62. The maximum absolute atomic E-state index is 14.1. The van der Waals surface area contributed by atoms with Crippen LogP contribution in [0.15, 0.2) is 47.4 Å². The molecule has 2 aromatic rings. The zero-order chi connectivity index (χ0) is 19.1. The molecule has 0 saturated carbocycles. The van der Waals surface area contributed by atoms with Crippen molar-refractivity contribution in [2.45, 2.75) is 12.8 Å². The molecule has 8 heteroatoms. The number of aliphatic carboxylic acids is 1. The first-order valence-corrected chi connectivity index (χ1v) is 8.53. The summed E-state index contributed by atoms with van der Waals surface area (Å²) in [6.45, 7) is -0.204. The van der Waals surface area contributed by atoms with E-state index in [2.05, 4.69) is 0 Å². The van der Waals surface area contributed by atoms with Crippen LogP contribution < -0.4 is 15.6 Å². The van der Waals surface area contributed by atoms with Gasteiger partial charge in [-0.3, -0.25) is 9.93 Å².